The maximum atomic E-state index is 12.4. The van der Waals surface area contributed by atoms with Crippen molar-refractivity contribution in [3.05, 3.63) is 63.6 Å². The first-order valence-electron chi connectivity index (χ1n) is 8.20. The van der Waals surface area contributed by atoms with Crippen LogP contribution in [0.15, 0.2) is 42.5 Å². The molecule has 0 aliphatic heterocycles. The van der Waals surface area contributed by atoms with Gasteiger partial charge in [-0.15, -0.1) is 0 Å². The topological polar surface area (TPSA) is 58.2 Å². The zero-order chi connectivity index (χ0) is 17.8. The van der Waals surface area contributed by atoms with E-state index < -0.39 is 0 Å². The lowest BCUT2D eigenvalue weighted by molar-refractivity contribution is 0.0938. The molecule has 0 saturated heterocycles. The van der Waals surface area contributed by atoms with E-state index in [0.29, 0.717) is 26.9 Å². The molecule has 2 aromatic rings. The first-order valence-corrected chi connectivity index (χ1v) is 8.96. The van der Waals surface area contributed by atoms with Crippen LogP contribution in [0.3, 0.4) is 0 Å². The van der Waals surface area contributed by atoms with Crippen molar-refractivity contribution in [3.8, 4) is 0 Å². The van der Waals surface area contributed by atoms with Crippen LogP contribution in [0.5, 0.6) is 0 Å². The summed E-state index contributed by atoms with van der Waals surface area (Å²) in [6.07, 6.45) is 4.33. The summed E-state index contributed by atoms with van der Waals surface area (Å²) in [7, 11) is 0. The molecule has 0 heterocycles. The first-order chi connectivity index (χ1) is 12.0. The lowest BCUT2D eigenvalue weighted by Crippen LogP contribution is -2.32. The molecular weight excluding hydrogens is 359 g/mol. The third kappa shape index (κ3) is 4.53. The minimum Gasteiger partial charge on any atom is -0.349 e. The Morgan fingerprint density at radius 2 is 1.60 bits per heavy atom. The fraction of sp³-hybridized carbons (Fsp3) is 0.263. The van der Waals surface area contributed by atoms with Crippen molar-refractivity contribution in [1.82, 2.24) is 5.32 Å². The second kappa shape index (κ2) is 7.89. The summed E-state index contributed by atoms with van der Waals surface area (Å²) in [5, 5.41) is 6.60. The second-order valence-corrected chi connectivity index (χ2v) is 6.96. The maximum Gasteiger partial charge on any atom is 0.255 e. The number of carbonyl (C=O) groups is 2. The summed E-state index contributed by atoms with van der Waals surface area (Å²) in [6.45, 7) is 0. The molecule has 6 heteroatoms. The van der Waals surface area contributed by atoms with E-state index in [4.69, 9.17) is 23.2 Å². The Bertz CT molecular complexity index is 802. The molecule has 0 unspecified atom stereocenters. The van der Waals surface area contributed by atoms with Gasteiger partial charge in [0.25, 0.3) is 11.8 Å². The zero-order valence-electron chi connectivity index (χ0n) is 13.5. The second-order valence-electron chi connectivity index (χ2n) is 6.11. The van der Waals surface area contributed by atoms with E-state index in [-0.39, 0.29) is 17.9 Å². The average molecular weight is 377 g/mol. The molecule has 0 radical (unpaired) electrons. The maximum absolute atomic E-state index is 12.4. The molecule has 25 heavy (non-hydrogen) atoms. The number of benzene rings is 2. The molecule has 0 atom stereocenters. The van der Waals surface area contributed by atoms with Gasteiger partial charge in [0.2, 0.25) is 0 Å². The largest absolute Gasteiger partial charge is 0.349 e. The predicted octanol–water partition coefficient (Wildman–Crippen LogP) is 4.92. The van der Waals surface area contributed by atoms with E-state index in [2.05, 4.69) is 10.6 Å². The Balaban J connectivity index is 1.71. The molecule has 1 aliphatic rings. The Labute approximate surface area is 156 Å². The Kier molecular flexibility index (Phi) is 5.61. The molecule has 130 valence electrons. The highest BCUT2D eigenvalue weighted by Gasteiger charge is 2.18. The van der Waals surface area contributed by atoms with E-state index >= 15 is 0 Å². The molecule has 1 fully saturated rings. The highest BCUT2D eigenvalue weighted by molar-refractivity contribution is 6.36. The lowest BCUT2D eigenvalue weighted by Gasteiger charge is -2.12. The third-order valence-electron chi connectivity index (χ3n) is 4.26. The minimum atomic E-state index is -0.334. The minimum absolute atomic E-state index is 0.147. The zero-order valence-corrected chi connectivity index (χ0v) is 15.0. The van der Waals surface area contributed by atoms with Gasteiger partial charge in [-0.3, -0.25) is 9.59 Å². The number of hydrogen-bond donors (Lipinski definition) is 2. The monoisotopic (exact) mass is 376 g/mol. The van der Waals surface area contributed by atoms with Crippen molar-refractivity contribution < 1.29 is 9.59 Å². The molecule has 0 spiro atoms. The SMILES string of the molecule is O=C(Nc1ccc(Cl)cc1Cl)c1cccc(C(=O)NC2CCCC2)c1. The average Bonchev–Trinajstić information content (AvgIpc) is 3.10. The van der Waals surface area contributed by atoms with E-state index in [1.165, 1.54) is 0 Å². The van der Waals surface area contributed by atoms with Crippen LogP contribution in [0, 0.1) is 0 Å². The molecular formula is C19H18Cl2N2O2. The van der Waals surface area contributed by atoms with Gasteiger partial charge < -0.3 is 10.6 Å². The number of rotatable bonds is 4. The number of nitrogens with one attached hydrogen (secondary N) is 2. The summed E-state index contributed by atoms with van der Waals surface area (Å²) in [6, 6.07) is 11.7. The summed E-state index contributed by atoms with van der Waals surface area (Å²) < 4.78 is 0. The van der Waals surface area contributed by atoms with Gasteiger partial charge in [-0.1, -0.05) is 42.1 Å². The normalized spacial score (nSPS) is 14.3. The molecule has 1 aliphatic carbocycles. The molecule has 2 aromatic carbocycles. The molecule has 1 saturated carbocycles. The molecule has 3 rings (SSSR count). The van der Waals surface area contributed by atoms with Gasteiger partial charge in [0.1, 0.15) is 0 Å². The molecule has 2 N–H and O–H groups in total. The van der Waals surface area contributed by atoms with Gasteiger partial charge in [-0.05, 0) is 49.2 Å². The van der Waals surface area contributed by atoms with Crippen LogP contribution in [0.25, 0.3) is 0 Å². The summed E-state index contributed by atoms with van der Waals surface area (Å²) >= 11 is 11.9. The van der Waals surface area contributed by atoms with Crippen molar-refractivity contribution in [2.75, 3.05) is 5.32 Å². The van der Waals surface area contributed by atoms with Gasteiger partial charge in [-0.2, -0.15) is 0 Å². The van der Waals surface area contributed by atoms with Gasteiger partial charge in [0.05, 0.1) is 10.7 Å². The van der Waals surface area contributed by atoms with Crippen LogP contribution in [0.4, 0.5) is 5.69 Å². The lowest BCUT2D eigenvalue weighted by atomic mass is 10.1. The molecule has 4 nitrogen and oxygen atoms in total. The smallest absolute Gasteiger partial charge is 0.255 e. The van der Waals surface area contributed by atoms with Crippen LogP contribution in [-0.2, 0) is 0 Å². The quantitative estimate of drug-likeness (QED) is 0.795. The Hall–Kier alpha value is -2.04. The highest BCUT2D eigenvalue weighted by atomic mass is 35.5. The molecule has 0 bridgehead atoms. The summed E-state index contributed by atoms with van der Waals surface area (Å²) in [4.78, 5) is 24.8. The number of halogens is 2. The van der Waals surface area contributed by atoms with Crippen LogP contribution in [0.1, 0.15) is 46.4 Å². The van der Waals surface area contributed by atoms with Crippen molar-refractivity contribution >= 4 is 40.7 Å². The number of carbonyl (C=O) groups excluding carboxylic acids is 2. The van der Waals surface area contributed by atoms with Crippen LogP contribution >= 0.6 is 23.2 Å². The summed E-state index contributed by atoms with van der Waals surface area (Å²) in [5.41, 5.74) is 1.34. The Morgan fingerprint density at radius 3 is 2.28 bits per heavy atom. The van der Waals surface area contributed by atoms with Crippen LogP contribution in [-0.4, -0.2) is 17.9 Å². The van der Waals surface area contributed by atoms with E-state index in [1.807, 2.05) is 0 Å². The van der Waals surface area contributed by atoms with E-state index in [1.54, 1.807) is 42.5 Å². The standard InChI is InChI=1S/C19H18Cl2N2O2/c20-14-8-9-17(16(21)11-14)23-19(25)13-5-3-4-12(10-13)18(24)22-15-6-1-2-7-15/h3-5,8-11,15H,1-2,6-7H2,(H,22,24)(H,23,25). The summed E-state index contributed by atoms with van der Waals surface area (Å²) in [5.74, 6) is -0.481. The van der Waals surface area contributed by atoms with Crippen molar-refractivity contribution in [3.63, 3.8) is 0 Å². The molecule has 2 amide bonds. The number of amides is 2. The number of anilines is 1. The van der Waals surface area contributed by atoms with E-state index in [0.717, 1.165) is 25.7 Å². The third-order valence-corrected chi connectivity index (χ3v) is 4.80. The van der Waals surface area contributed by atoms with Crippen molar-refractivity contribution in [2.45, 2.75) is 31.7 Å². The fourth-order valence-corrected chi connectivity index (χ4v) is 3.38. The fourth-order valence-electron chi connectivity index (χ4n) is 2.93. The molecule has 0 aromatic heterocycles. The van der Waals surface area contributed by atoms with E-state index in [9.17, 15) is 9.59 Å². The van der Waals surface area contributed by atoms with Gasteiger partial charge in [0, 0.05) is 22.2 Å². The van der Waals surface area contributed by atoms with Crippen molar-refractivity contribution in [2.24, 2.45) is 0 Å². The highest BCUT2D eigenvalue weighted by Crippen LogP contribution is 2.26. The number of hydrogen-bond acceptors (Lipinski definition) is 2. The van der Waals surface area contributed by atoms with Crippen molar-refractivity contribution in [1.29, 1.82) is 0 Å². The van der Waals surface area contributed by atoms with Crippen LogP contribution < -0.4 is 10.6 Å². The van der Waals surface area contributed by atoms with Crippen LogP contribution in [0.2, 0.25) is 10.0 Å². The Morgan fingerprint density at radius 1 is 0.920 bits per heavy atom. The van der Waals surface area contributed by atoms with Gasteiger partial charge in [0.15, 0.2) is 0 Å². The predicted molar refractivity (Wildman–Crippen MR) is 101 cm³/mol. The first kappa shape index (κ1) is 17.8. The van der Waals surface area contributed by atoms with Gasteiger partial charge >= 0.3 is 0 Å². The van der Waals surface area contributed by atoms with Gasteiger partial charge in [-0.25, -0.2) is 0 Å².